The number of aryl methyl sites for hydroxylation is 1. The normalized spacial score (nSPS) is 20.7. The number of halogens is 1. The number of piperidine rings is 1. The number of anilines is 3. The van der Waals surface area contributed by atoms with Gasteiger partial charge in [0.25, 0.3) is 5.56 Å². The first-order valence-electron chi connectivity index (χ1n) is 10.6. The molecule has 4 rings (SSSR count). The Morgan fingerprint density at radius 2 is 2.13 bits per heavy atom. The molecule has 1 saturated heterocycles. The highest BCUT2D eigenvalue weighted by Gasteiger charge is 2.36. The molecule has 3 N–H and O–H groups in total. The minimum atomic E-state index is -0.949. The molecule has 0 spiro atoms. The summed E-state index contributed by atoms with van der Waals surface area (Å²) in [5.74, 6) is -1.16. The van der Waals surface area contributed by atoms with Gasteiger partial charge in [-0.05, 0) is 50.3 Å². The molecule has 31 heavy (non-hydrogen) atoms. The maximum atomic E-state index is 13.0. The van der Waals surface area contributed by atoms with Gasteiger partial charge in [0.2, 0.25) is 17.8 Å². The van der Waals surface area contributed by atoms with Crippen LogP contribution in [0.4, 0.5) is 17.5 Å². The van der Waals surface area contributed by atoms with E-state index in [1.807, 2.05) is 13.0 Å². The molecular formula is C22H26ClN5O3. The van der Waals surface area contributed by atoms with Gasteiger partial charge in [-0.1, -0.05) is 24.6 Å². The molecule has 8 nitrogen and oxygen atoms in total. The average Bonchev–Trinajstić information content (AvgIpc) is 2.74. The van der Waals surface area contributed by atoms with E-state index in [0.717, 1.165) is 37.8 Å². The van der Waals surface area contributed by atoms with Crippen LogP contribution in [0, 0.1) is 6.92 Å². The third-order valence-electron chi connectivity index (χ3n) is 6.01. The van der Waals surface area contributed by atoms with E-state index in [4.69, 9.17) is 11.6 Å². The number of carbonyl (C=O) groups is 2. The Hall–Kier alpha value is -2.87. The van der Waals surface area contributed by atoms with Crippen LogP contribution in [0.2, 0.25) is 5.02 Å². The summed E-state index contributed by atoms with van der Waals surface area (Å²) in [4.78, 5) is 47.9. The average molecular weight is 444 g/mol. The summed E-state index contributed by atoms with van der Waals surface area (Å²) in [6, 6.07) is 5.55. The first-order valence-corrected chi connectivity index (χ1v) is 11.0. The molecule has 0 aliphatic carbocycles. The number of rotatable bonds is 4. The van der Waals surface area contributed by atoms with Gasteiger partial charge in [-0.2, -0.15) is 4.98 Å². The van der Waals surface area contributed by atoms with Crippen LogP contribution in [0.15, 0.2) is 23.0 Å². The number of H-pyrrole nitrogens is 1. The van der Waals surface area contributed by atoms with Gasteiger partial charge in [0, 0.05) is 19.0 Å². The molecule has 2 aliphatic heterocycles. The minimum Gasteiger partial charge on any atom is -0.339 e. The Labute approximate surface area is 185 Å². The zero-order valence-corrected chi connectivity index (χ0v) is 18.4. The lowest BCUT2D eigenvalue weighted by Gasteiger charge is -2.36. The summed E-state index contributed by atoms with van der Waals surface area (Å²) in [5.41, 5.74) is 1.16. The molecule has 1 aromatic heterocycles. The largest absolute Gasteiger partial charge is 0.339 e. The number of amides is 2. The fourth-order valence-corrected chi connectivity index (χ4v) is 4.65. The Morgan fingerprint density at radius 1 is 1.32 bits per heavy atom. The van der Waals surface area contributed by atoms with Gasteiger partial charge < -0.3 is 15.5 Å². The van der Waals surface area contributed by atoms with Crippen molar-refractivity contribution in [2.45, 2.75) is 57.9 Å². The highest BCUT2D eigenvalue weighted by Crippen LogP contribution is 2.32. The van der Waals surface area contributed by atoms with Crippen LogP contribution in [0.3, 0.4) is 0 Å². The van der Waals surface area contributed by atoms with Gasteiger partial charge in [-0.15, -0.1) is 0 Å². The molecule has 2 atom stereocenters. The molecule has 2 amide bonds. The van der Waals surface area contributed by atoms with Crippen molar-refractivity contribution in [3.63, 3.8) is 0 Å². The summed E-state index contributed by atoms with van der Waals surface area (Å²) < 4.78 is 0. The van der Waals surface area contributed by atoms with Gasteiger partial charge in [0.05, 0.1) is 22.2 Å². The van der Waals surface area contributed by atoms with Crippen LogP contribution < -0.4 is 21.1 Å². The highest BCUT2D eigenvalue weighted by molar-refractivity contribution is 6.33. The van der Waals surface area contributed by atoms with Crippen LogP contribution in [-0.4, -0.2) is 34.4 Å². The molecule has 1 aromatic carbocycles. The van der Waals surface area contributed by atoms with Crippen molar-refractivity contribution in [3.8, 4) is 0 Å². The molecule has 2 unspecified atom stereocenters. The number of nitrogens with zero attached hydrogens (tertiary/aromatic N) is 2. The van der Waals surface area contributed by atoms with Gasteiger partial charge in [0.15, 0.2) is 0 Å². The van der Waals surface area contributed by atoms with Crippen LogP contribution >= 0.6 is 11.6 Å². The zero-order valence-electron chi connectivity index (χ0n) is 17.6. The minimum absolute atomic E-state index is 0.131. The monoisotopic (exact) mass is 443 g/mol. The van der Waals surface area contributed by atoms with Crippen molar-refractivity contribution >= 4 is 40.9 Å². The lowest BCUT2D eigenvalue weighted by molar-refractivity contribution is -0.123. The van der Waals surface area contributed by atoms with E-state index < -0.39 is 17.4 Å². The number of aromatic nitrogens is 2. The first-order chi connectivity index (χ1) is 14.9. The van der Waals surface area contributed by atoms with E-state index in [9.17, 15) is 14.4 Å². The molecule has 3 heterocycles. The Kier molecular flexibility index (Phi) is 6.00. The van der Waals surface area contributed by atoms with Crippen LogP contribution in [-0.2, 0) is 9.59 Å². The second-order valence-electron chi connectivity index (χ2n) is 8.18. The fourth-order valence-electron chi connectivity index (χ4n) is 4.36. The van der Waals surface area contributed by atoms with E-state index in [-0.39, 0.29) is 29.8 Å². The SMILES string of the molecule is CCC1CCCCN1c1nc2c(c(=O)[nH]1)C(C(=O)Nc1ccc(C)cc1Cl)CC(=O)N2. The van der Waals surface area contributed by atoms with Crippen molar-refractivity contribution in [1.82, 2.24) is 9.97 Å². The second-order valence-corrected chi connectivity index (χ2v) is 8.59. The smallest absolute Gasteiger partial charge is 0.258 e. The predicted molar refractivity (Wildman–Crippen MR) is 121 cm³/mol. The molecule has 9 heteroatoms. The molecule has 164 valence electrons. The fraction of sp³-hybridized carbons (Fsp3) is 0.455. The lowest BCUT2D eigenvalue weighted by atomic mass is 9.92. The third-order valence-corrected chi connectivity index (χ3v) is 6.32. The van der Waals surface area contributed by atoms with E-state index >= 15 is 0 Å². The maximum Gasteiger partial charge on any atom is 0.258 e. The molecule has 0 saturated carbocycles. The van der Waals surface area contributed by atoms with Crippen LogP contribution in [0.25, 0.3) is 0 Å². The number of aromatic amines is 1. The summed E-state index contributed by atoms with van der Waals surface area (Å²) in [5, 5.41) is 5.82. The van der Waals surface area contributed by atoms with Gasteiger partial charge in [0.1, 0.15) is 5.82 Å². The quantitative estimate of drug-likeness (QED) is 0.669. The Bertz CT molecular complexity index is 1080. The number of nitrogens with one attached hydrogen (secondary N) is 3. The van der Waals surface area contributed by atoms with E-state index in [0.29, 0.717) is 16.7 Å². The predicted octanol–water partition coefficient (Wildman–Crippen LogP) is 3.57. The number of fused-ring (bicyclic) bond motifs is 1. The molecule has 0 radical (unpaired) electrons. The third kappa shape index (κ3) is 4.30. The van der Waals surface area contributed by atoms with E-state index in [1.165, 1.54) is 0 Å². The van der Waals surface area contributed by atoms with E-state index in [2.05, 4.69) is 32.4 Å². The molecule has 2 aliphatic rings. The topological polar surface area (TPSA) is 107 Å². The maximum absolute atomic E-state index is 13.0. The number of benzene rings is 1. The van der Waals surface area contributed by atoms with Crippen molar-refractivity contribution in [2.75, 3.05) is 22.1 Å². The van der Waals surface area contributed by atoms with Gasteiger partial charge >= 0.3 is 0 Å². The van der Waals surface area contributed by atoms with Crippen molar-refractivity contribution in [2.24, 2.45) is 0 Å². The van der Waals surface area contributed by atoms with Gasteiger partial charge in [-0.25, -0.2) is 0 Å². The lowest BCUT2D eigenvalue weighted by Crippen LogP contribution is -2.43. The van der Waals surface area contributed by atoms with E-state index in [1.54, 1.807) is 12.1 Å². The van der Waals surface area contributed by atoms with Crippen LogP contribution in [0.1, 0.15) is 56.1 Å². The summed E-state index contributed by atoms with van der Waals surface area (Å²) in [7, 11) is 0. The summed E-state index contributed by atoms with van der Waals surface area (Å²) >= 11 is 6.23. The number of hydrogen-bond acceptors (Lipinski definition) is 5. The summed E-state index contributed by atoms with van der Waals surface area (Å²) in [6.45, 7) is 4.80. The number of hydrogen-bond donors (Lipinski definition) is 3. The summed E-state index contributed by atoms with van der Waals surface area (Å²) in [6.07, 6.45) is 4.01. The molecule has 0 bridgehead atoms. The molecular weight excluding hydrogens is 418 g/mol. The van der Waals surface area contributed by atoms with Crippen molar-refractivity contribution < 1.29 is 9.59 Å². The zero-order chi connectivity index (χ0) is 22.1. The molecule has 1 fully saturated rings. The standard InChI is InChI=1S/C22H26ClN5O3/c1-3-13-6-4-5-9-28(13)22-26-19-18(21(31)27-22)14(11-17(29)25-19)20(30)24-16-8-7-12(2)10-15(16)23/h7-8,10,13-14H,3-6,9,11H2,1-2H3,(H,24,30)(H2,25,26,27,29,31). The first kappa shape index (κ1) is 21.4. The Balaban J connectivity index is 1.66. The Morgan fingerprint density at radius 3 is 2.87 bits per heavy atom. The number of carbonyl (C=O) groups excluding carboxylic acids is 2. The second kappa shape index (κ2) is 8.70. The van der Waals surface area contributed by atoms with Crippen molar-refractivity contribution in [1.29, 1.82) is 0 Å². The van der Waals surface area contributed by atoms with Crippen molar-refractivity contribution in [3.05, 3.63) is 44.7 Å². The van der Waals surface area contributed by atoms with Crippen LogP contribution in [0.5, 0.6) is 0 Å². The highest BCUT2D eigenvalue weighted by atomic mass is 35.5. The van der Waals surface area contributed by atoms with Gasteiger partial charge in [-0.3, -0.25) is 19.4 Å². The molecule has 2 aromatic rings.